The number of aromatic nitrogens is 2. The van der Waals surface area contributed by atoms with Gasteiger partial charge in [0.1, 0.15) is 5.82 Å². The largest absolute Gasteiger partial charge is 0.383 e. The van der Waals surface area contributed by atoms with E-state index in [1.807, 2.05) is 36.4 Å². The van der Waals surface area contributed by atoms with E-state index in [0.717, 1.165) is 22.0 Å². The van der Waals surface area contributed by atoms with E-state index in [-0.39, 0.29) is 6.04 Å². The maximum atomic E-state index is 5.92. The molecule has 0 bridgehead atoms. The zero-order chi connectivity index (χ0) is 13.9. The molecule has 0 saturated heterocycles. The van der Waals surface area contributed by atoms with Crippen LogP contribution in [0, 0.1) is 0 Å². The molecule has 0 amide bonds. The van der Waals surface area contributed by atoms with Gasteiger partial charge in [-0.15, -0.1) is 0 Å². The van der Waals surface area contributed by atoms with E-state index in [1.54, 1.807) is 12.4 Å². The van der Waals surface area contributed by atoms with Crippen molar-refractivity contribution in [3.63, 3.8) is 0 Å². The zero-order valence-electron chi connectivity index (χ0n) is 10.8. The van der Waals surface area contributed by atoms with Crippen LogP contribution in [0.1, 0.15) is 17.2 Å². The number of nitrogens with zero attached hydrogens (tertiary/aromatic N) is 2. The first kappa shape index (κ1) is 12.5. The second-order valence-electron chi connectivity index (χ2n) is 4.54. The van der Waals surface area contributed by atoms with Crippen LogP contribution >= 0.6 is 0 Å². The lowest BCUT2D eigenvalue weighted by Crippen LogP contribution is -2.29. The number of fused-ring (bicyclic) bond motifs is 1. The van der Waals surface area contributed by atoms with Crippen LogP contribution in [0.5, 0.6) is 0 Å². The fourth-order valence-electron chi connectivity index (χ4n) is 2.29. The van der Waals surface area contributed by atoms with Crippen molar-refractivity contribution in [3.8, 4) is 0 Å². The monoisotopic (exact) mass is 265 g/mol. The van der Waals surface area contributed by atoms with Crippen LogP contribution < -0.4 is 17.0 Å². The van der Waals surface area contributed by atoms with Crippen molar-refractivity contribution in [2.75, 3.05) is 5.73 Å². The Balaban J connectivity index is 2.10. The van der Waals surface area contributed by atoms with E-state index < -0.39 is 0 Å². The maximum absolute atomic E-state index is 5.92. The van der Waals surface area contributed by atoms with Crippen molar-refractivity contribution in [3.05, 3.63) is 66.0 Å². The number of hydrazine groups is 1. The van der Waals surface area contributed by atoms with Crippen molar-refractivity contribution in [1.82, 2.24) is 15.4 Å². The Morgan fingerprint density at radius 1 is 1.05 bits per heavy atom. The highest BCUT2D eigenvalue weighted by Gasteiger charge is 2.16. The Hall–Kier alpha value is -2.50. The molecule has 5 heteroatoms. The smallest absolute Gasteiger partial charge is 0.128 e. The summed E-state index contributed by atoms with van der Waals surface area (Å²) in [6, 6.07) is 13.5. The first-order valence-corrected chi connectivity index (χ1v) is 6.31. The van der Waals surface area contributed by atoms with Crippen molar-refractivity contribution in [2.24, 2.45) is 5.84 Å². The molecule has 2 aromatic heterocycles. The fraction of sp³-hybridized carbons (Fsp3) is 0.0667. The van der Waals surface area contributed by atoms with Gasteiger partial charge in [-0.05, 0) is 23.8 Å². The molecule has 0 aliphatic carbocycles. The third-order valence-corrected chi connectivity index (χ3v) is 3.29. The summed E-state index contributed by atoms with van der Waals surface area (Å²) in [7, 11) is 0. The number of benzene rings is 1. The third kappa shape index (κ3) is 2.20. The van der Waals surface area contributed by atoms with Crippen molar-refractivity contribution < 1.29 is 0 Å². The van der Waals surface area contributed by atoms with Crippen LogP contribution in [0.25, 0.3) is 10.9 Å². The Labute approximate surface area is 116 Å². The average Bonchev–Trinajstić information content (AvgIpc) is 2.50. The van der Waals surface area contributed by atoms with Crippen molar-refractivity contribution in [1.29, 1.82) is 0 Å². The van der Waals surface area contributed by atoms with Gasteiger partial charge >= 0.3 is 0 Å². The molecule has 20 heavy (non-hydrogen) atoms. The molecule has 0 fully saturated rings. The van der Waals surface area contributed by atoms with Gasteiger partial charge in [0.15, 0.2) is 0 Å². The van der Waals surface area contributed by atoms with Gasteiger partial charge in [-0.2, -0.15) is 0 Å². The number of nitrogens with one attached hydrogen (secondary N) is 1. The first-order valence-electron chi connectivity index (χ1n) is 6.31. The summed E-state index contributed by atoms with van der Waals surface area (Å²) in [4.78, 5) is 8.55. The average molecular weight is 265 g/mol. The van der Waals surface area contributed by atoms with Gasteiger partial charge in [0.25, 0.3) is 0 Å². The van der Waals surface area contributed by atoms with E-state index in [1.165, 1.54) is 0 Å². The number of para-hydroxylation sites is 1. The van der Waals surface area contributed by atoms with Crippen LogP contribution in [0.3, 0.4) is 0 Å². The van der Waals surface area contributed by atoms with E-state index in [4.69, 9.17) is 11.6 Å². The van der Waals surface area contributed by atoms with E-state index in [2.05, 4.69) is 21.5 Å². The Morgan fingerprint density at radius 2 is 1.90 bits per heavy atom. The molecule has 0 aliphatic heterocycles. The first-order chi connectivity index (χ1) is 9.79. The topological polar surface area (TPSA) is 89.8 Å². The van der Waals surface area contributed by atoms with Gasteiger partial charge in [-0.25, -0.2) is 10.4 Å². The standard InChI is InChI=1S/C15H15N5/c16-15-12(5-3-7-18-15)14(20-17)11-8-10-4-1-2-6-13(10)19-9-11/h1-9,14,20H,17H2,(H2,16,18). The van der Waals surface area contributed by atoms with Gasteiger partial charge in [-0.1, -0.05) is 24.3 Å². The summed E-state index contributed by atoms with van der Waals surface area (Å²) < 4.78 is 0. The van der Waals surface area contributed by atoms with Crippen LogP contribution in [-0.2, 0) is 0 Å². The van der Waals surface area contributed by atoms with Gasteiger partial charge in [0.2, 0.25) is 0 Å². The second-order valence-corrected chi connectivity index (χ2v) is 4.54. The quantitative estimate of drug-likeness (QED) is 0.496. The molecule has 3 rings (SSSR count). The SMILES string of the molecule is NNC(c1cnc2ccccc2c1)c1cccnc1N. The zero-order valence-corrected chi connectivity index (χ0v) is 10.8. The van der Waals surface area contributed by atoms with Crippen LogP contribution in [0.4, 0.5) is 5.82 Å². The predicted octanol–water partition coefficient (Wildman–Crippen LogP) is 1.76. The second kappa shape index (κ2) is 5.24. The summed E-state index contributed by atoms with van der Waals surface area (Å²) in [5, 5.41) is 1.06. The molecule has 1 atom stereocenters. The molecule has 100 valence electrons. The normalized spacial score (nSPS) is 12.4. The fourth-order valence-corrected chi connectivity index (χ4v) is 2.29. The Bertz CT molecular complexity index is 741. The van der Waals surface area contributed by atoms with Crippen molar-refractivity contribution >= 4 is 16.7 Å². The molecule has 0 aliphatic rings. The Kier molecular flexibility index (Phi) is 3.28. The molecular weight excluding hydrogens is 250 g/mol. The number of rotatable bonds is 3. The summed E-state index contributed by atoms with van der Waals surface area (Å²) in [5.74, 6) is 6.15. The lowest BCUT2D eigenvalue weighted by Gasteiger charge is -2.18. The van der Waals surface area contributed by atoms with Gasteiger partial charge in [0, 0.05) is 23.3 Å². The van der Waals surface area contributed by atoms with Crippen LogP contribution in [0.15, 0.2) is 54.9 Å². The van der Waals surface area contributed by atoms with Crippen LogP contribution in [-0.4, -0.2) is 9.97 Å². The van der Waals surface area contributed by atoms with Gasteiger partial charge < -0.3 is 5.73 Å². The summed E-state index contributed by atoms with van der Waals surface area (Å²) in [5.41, 5.74) is 11.4. The minimum Gasteiger partial charge on any atom is -0.383 e. The molecule has 1 unspecified atom stereocenters. The number of nitrogen functional groups attached to an aromatic ring is 1. The highest BCUT2D eigenvalue weighted by atomic mass is 15.2. The predicted molar refractivity (Wildman–Crippen MR) is 79.6 cm³/mol. The van der Waals surface area contributed by atoms with E-state index in [0.29, 0.717) is 5.82 Å². The molecule has 0 radical (unpaired) electrons. The molecule has 3 aromatic rings. The number of pyridine rings is 2. The minimum absolute atomic E-state index is 0.235. The molecular formula is C15H15N5. The van der Waals surface area contributed by atoms with Crippen LogP contribution in [0.2, 0.25) is 0 Å². The molecule has 5 N–H and O–H groups in total. The Morgan fingerprint density at radius 3 is 2.70 bits per heavy atom. The summed E-state index contributed by atoms with van der Waals surface area (Å²) in [6.07, 6.45) is 3.46. The molecule has 2 heterocycles. The molecule has 5 nitrogen and oxygen atoms in total. The summed E-state index contributed by atoms with van der Waals surface area (Å²) in [6.45, 7) is 0. The summed E-state index contributed by atoms with van der Waals surface area (Å²) >= 11 is 0. The van der Waals surface area contributed by atoms with Gasteiger partial charge in [0.05, 0.1) is 11.6 Å². The molecule has 0 saturated carbocycles. The number of anilines is 1. The maximum Gasteiger partial charge on any atom is 0.128 e. The minimum atomic E-state index is -0.235. The molecule has 1 aromatic carbocycles. The lowest BCUT2D eigenvalue weighted by atomic mass is 10.00. The number of nitrogens with two attached hydrogens (primary N) is 2. The third-order valence-electron chi connectivity index (χ3n) is 3.29. The molecule has 0 spiro atoms. The number of hydrogen-bond acceptors (Lipinski definition) is 5. The number of hydrogen-bond donors (Lipinski definition) is 3. The van der Waals surface area contributed by atoms with Crippen molar-refractivity contribution in [2.45, 2.75) is 6.04 Å². The highest BCUT2D eigenvalue weighted by molar-refractivity contribution is 5.79. The highest BCUT2D eigenvalue weighted by Crippen LogP contribution is 2.26. The van der Waals surface area contributed by atoms with Gasteiger partial charge in [-0.3, -0.25) is 10.8 Å². The lowest BCUT2D eigenvalue weighted by molar-refractivity contribution is 0.635. The van der Waals surface area contributed by atoms with E-state index in [9.17, 15) is 0 Å². The van der Waals surface area contributed by atoms with E-state index >= 15 is 0 Å².